The van der Waals surface area contributed by atoms with Gasteiger partial charge in [0.05, 0.1) is 12.0 Å². The number of carbonyl (C=O) groups is 1. The maximum atomic E-state index is 12.3. The number of carbonyl (C=O) groups excluding carboxylic acids is 1. The molecule has 0 aliphatic rings. The minimum Gasteiger partial charge on any atom is -0.461 e. The molecule has 1 aromatic carbocycles. The number of fused-ring (bicyclic) bond motifs is 1. The minimum atomic E-state index is -0.591. The zero-order valence-corrected chi connectivity index (χ0v) is 14.7. The fourth-order valence-corrected chi connectivity index (χ4v) is 2.80. The van der Waals surface area contributed by atoms with Crippen molar-refractivity contribution in [1.29, 1.82) is 10.7 Å². The summed E-state index contributed by atoms with van der Waals surface area (Å²) in [5.41, 5.74) is 2.21. The fraction of sp³-hybridized carbons (Fsp3) is 0.263. The number of H-pyrrole nitrogens is 1. The van der Waals surface area contributed by atoms with E-state index in [1.165, 1.54) is 0 Å². The summed E-state index contributed by atoms with van der Waals surface area (Å²) in [5.74, 6) is -0.229. The molecule has 0 aliphatic carbocycles. The van der Waals surface area contributed by atoms with Crippen molar-refractivity contribution in [2.45, 2.75) is 26.7 Å². The Morgan fingerprint density at radius 3 is 2.65 bits per heavy atom. The molecule has 0 fully saturated rings. The Bertz CT molecular complexity index is 1070. The second kappa shape index (κ2) is 6.84. The van der Waals surface area contributed by atoms with E-state index < -0.39 is 5.97 Å². The van der Waals surface area contributed by atoms with Gasteiger partial charge in [0.1, 0.15) is 11.6 Å². The third-order valence-corrected chi connectivity index (χ3v) is 4.12. The summed E-state index contributed by atoms with van der Waals surface area (Å²) in [6.45, 7) is 6.09. The van der Waals surface area contributed by atoms with Gasteiger partial charge in [-0.25, -0.2) is 4.79 Å². The molecule has 0 saturated carbocycles. The Hall–Kier alpha value is -3.40. The number of esters is 1. The molecule has 3 aromatic rings. The second-order valence-corrected chi connectivity index (χ2v) is 6.07. The molecule has 7 nitrogen and oxygen atoms in total. The molecule has 7 heteroatoms. The van der Waals surface area contributed by atoms with Crippen molar-refractivity contribution in [2.24, 2.45) is 0 Å². The summed E-state index contributed by atoms with van der Waals surface area (Å²) in [6.07, 6.45) is 0. The van der Waals surface area contributed by atoms with E-state index >= 15 is 0 Å². The first kappa shape index (κ1) is 17.4. The van der Waals surface area contributed by atoms with Gasteiger partial charge < -0.3 is 9.15 Å². The first-order valence-electron chi connectivity index (χ1n) is 8.25. The normalized spacial score (nSPS) is 10.9. The van der Waals surface area contributed by atoms with E-state index in [1.54, 1.807) is 6.92 Å². The predicted octanol–water partition coefficient (Wildman–Crippen LogP) is 3.47. The van der Waals surface area contributed by atoms with Crippen LogP contribution in [0.4, 0.5) is 0 Å². The summed E-state index contributed by atoms with van der Waals surface area (Å²) >= 11 is 0. The molecule has 0 aliphatic heterocycles. The van der Waals surface area contributed by atoms with Crippen LogP contribution in [0.1, 0.15) is 48.3 Å². The van der Waals surface area contributed by atoms with Crippen molar-refractivity contribution in [2.75, 3.05) is 6.61 Å². The van der Waals surface area contributed by atoms with E-state index in [0.717, 1.165) is 5.56 Å². The predicted molar refractivity (Wildman–Crippen MR) is 94.4 cm³/mol. The molecular weight excluding hydrogens is 332 g/mol. The summed E-state index contributed by atoms with van der Waals surface area (Å²) < 4.78 is 10.4. The molecule has 3 rings (SSSR count). The molecule has 2 N–H and O–H groups in total. The van der Waals surface area contributed by atoms with E-state index in [2.05, 4.69) is 24.0 Å². The third kappa shape index (κ3) is 2.86. The molecule has 26 heavy (non-hydrogen) atoms. The highest BCUT2D eigenvalue weighted by atomic mass is 16.5. The van der Waals surface area contributed by atoms with Gasteiger partial charge in [-0.2, -0.15) is 5.26 Å². The van der Waals surface area contributed by atoms with E-state index in [4.69, 9.17) is 14.6 Å². The Labute approximate surface area is 149 Å². The van der Waals surface area contributed by atoms with Gasteiger partial charge >= 0.3 is 5.97 Å². The van der Waals surface area contributed by atoms with E-state index in [9.17, 15) is 10.1 Å². The molecule has 0 bridgehead atoms. The van der Waals surface area contributed by atoms with Crippen LogP contribution in [0.2, 0.25) is 0 Å². The highest BCUT2D eigenvalue weighted by Gasteiger charge is 2.24. The number of hydrogen-bond donors (Lipinski definition) is 2. The monoisotopic (exact) mass is 350 g/mol. The Balaban J connectivity index is 2.34. The standard InChI is InChI=1S/C19H18N4O3/c1-4-25-19(24)16-15-14(12-7-5-11(6-8-12)10(2)3)13(9-20)17(21)26-18(15)23-22-16/h5-8,10,21H,4H2,1-3H3,(H,22,23). The summed E-state index contributed by atoms with van der Waals surface area (Å²) in [7, 11) is 0. The van der Waals surface area contributed by atoms with Crippen LogP contribution in [0.3, 0.4) is 0 Å². The zero-order chi connectivity index (χ0) is 18.8. The molecule has 132 valence electrons. The molecule has 0 spiro atoms. The average Bonchev–Trinajstić information content (AvgIpc) is 3.04. The van der Waals surface area contributed by atoms with Crippen molar-refractivity contribution in [1.82, 2.24) is 10.2 Å². The van der Waals surface area contributed by atoms with Gasteiger partial charge in [0, 0.05) is 5.56 Å². The summed E-state index contributed by atoms with van der Waals surface area (Å²) in [5, 5.41) is 24.5. The molecule has 0 atom stereocenters. The van der Waals surface area contributed by atoms with Crippen LogP contribution in [0, 0.1) is 16.7 Å². The van der Waals surface area contributed by atoms with Crippen molar-refractivity contribution < 1.29 is 13.9 Å². The van der Waals surface area contributed by atoms with E-state index in [0.29, 0.717) is 22.4 Å². The fourth-order valence-electron chi connectivity index (χ4n) is 2.80. The van der Waals surface area contributed by atoms with Gasteiger partial charge in [0.25, 0.3) is 0 Å². The third-order valence-electron chi connectivity index (χ3n) is 4.12. The molecule has 0 unspecified atom stereocenters. The number of rotatable bonds is 4. The molecule has 0 saturated heterocycles. The van der Waals surface area contributed by atoms with Crippen molar-refractivity contribution >= 4 is 17.1 Å². The number of benzene rings is 1. The van der Waals surface area contributed by atoms with Gasteiger partial charge in [-0.3, -0.25) is 10.5 Å². The molecule has 2 aromatic heterocycles. The van der Waals surface area contributed by atoms with Crippen molar-refractivity contribution in [3.63, 3.8) is 0 Å². The largest absolute Gasteiger partial charge is 0.461 e. The number of nitrogens with one attached hydrogen (secondary N) is 2. The number of aromatic nitrogens is 2. The highest BCUT2D eigenvalue weighted by Crippen LogP contribution is 2.32. The van der Waals surface area contributed by atoms with Crippen LogP contribution in [-0.4, -0.2) is 22.8 Å². The number of nitriles is 1. The van der Waals surface area contributed by atoms with Crippen LogP contribution < -0.4 is 5.55 Å². The number of hydrogen-bond acceptors (Lipinski definition) is 6. The molecule has 2 heterocycles. The van der Waals surface area contributed by atoms with Crippen molar-refractivity contribution in [3.05, 3.63) is 46.6 Å². The van der Waals surface area contributed by atoms with E-state index in [1.807, 2.05) is 30.3 Å². The van der Waals surface area contributed by atoms with Crippen LogP contribution in [0.15, 0.2) is 28.7 Å². The Kier molecular flexibility index (Phi) is 4.59. The van der Waals surface area contributed by atoms with Crippen LogP contribution in [-0.2, 0) is 4.74 Å². The summed E-state index contributed by atoms with van der Waals surface area (Å²) in [4.78, 5) is 12.3. The topological polar surface area (TPSA) is 116 Å². The number of nitrogens with zero attached hydrogens (tertiary/aromatic N) is 2. The van der Waals surface area contributed by atoms with Crippen LogP contribution >= 0.6 is 0 Å². The lowest BCUT2D eigenvalue weighted by Gasteiger charge is -2.10. The SMILES string of the molecule is CCOC(=O)c1[nH]nc2oc(=N)c(C#N)c(-c3ccc(C(C)C)cc3)c12. The summed E-state index contributed by atoms with van der Waals surface area (Å²) in [6, 6.07) is 9.67. The lowest BCUT2D eigenvalue weighted by Crippen LogP contribution is -2.09. The quantitative estimate of drug-likeness (QED) is 0.699. The maximum absolute atomic E-state index is 12.3. The number of aromatic amines is 1. The van der Waals surface area contributed by atoms with Crippen LogP contribution in [0.5, 0.6) is 0 Å². The first-order valence-corrected chi connectivity index (χ1v) is 8.25. The van der Waals surface area contributed by atoms with Crippen LogP contribution in [0.25, 0.3) is 22.2 Å². The average molecular weight is 350 g/mol. The van der Waals surface area contributed by atoms with Gasteiger partial charge in [-0.1, -0.05) is 38.1 Å². The minimum absolute atomic E-state index is 0.0433. The lowest BCUT2D eigenvalue weighted by molar-refractivity contribution is 0.0521. The molecule has 0 amide bonds. The van der Waals surface area contributed by atoms with Gasteiger partial charge in [0.2, 0.25) is 11.3 Å². The highest BCUT2D eigenvalue weighted by molar-refractivity contribution is 6.07. The maximum Gasteiger partial charge on any atom is 0.357 e. The Morgan fingerprint density at radius 1 is 1.38 bits per heavy atom. The Morgan fingerprint density at radius 2 is 2.08 bits per heavy atom. The van der Waals surface area contributed by atoms with Gasteiger partial charge in [-0.15, -0.1) is 5.10 Å². The zero-order valence-electron chi connectivity index (χ0n) is 14.7. The number of ether oxygens (including phenoxy) is 1. The molecule has 0 radical (unpaired) electrons. The molecular formula is C19H18N4O3. The lowest BCUT2D eigenvalue weighted by atomic mass is 9.95. The van der Waals surface area contributed by atoms with Gasteiger partial charge in [-0.05, 0) is 24.0 Å². The van der Waals surface area contributed by atoms with Crippen molar-refractivity contribution in [3.8, 4) is 17.2 Å². The second-order valence-electron chi connectivity index (χ2n) is 6.07. The van der Waals surface area contributed by atoms with E-state index in [-0.39, 0.29) is 29.1 Å². The van der Waals surface area contributed by atoms with Gasteiger partial charge in [0.15, 0.2) is 5.69 Å². The first-order chi connectivity index (χ1) is 12.5. The smallest absolute Gasteiger partial charge is 0.357 e.